The lowest BCUT2D eigenvalue weighted by Gasteiger charge is -2.05. The molecular weight excluding hydrogens is 216 g/mol. The monoisotopic (exact) mass is 231 g/mol. The van der Waals surface area contributed by atoms with E-state index in [0.29, 0.717) is 12.1 Å². The van der Waals surface area contributed by atoms with Gasteiger partial charge < -0.3 is 15.4 Å². The molecule has 4 nitrogen and oxygen atoms in total. The summed E-state index contributed by atoms with van der Waals surface area (Å²) in [6.45, 7) is 4.23. The summed E-state index contributed by atoms with van der Waals surface area (Å²) >= 11 is 0. The molecule has 0 saturated heterocycles. The summed E-state index contributed by atoms with van der Waals surface area (Å²) in [4.78, 5) is 11.5. The van der Waals surface area contributed by atoms with Crippen molar-refractivity contribution in [2.45, 2.75) is 20.4 Å². The summed E-state index contributed by atoms with van der Waals surface area (Å²) in [5.74, 6) is -0.435. The molecule has 2 rings (SSSR count). The molecule has 0 atom stereocenters. The zero-order valence-corrected chi connectivity index (χ0v) is 9.95. The Morgan fingerprint density at radius 1 is 1.53 bits per heavy atom. The zero-order chi connectivity index (χ0) is 12.6. The summed E-state index contributed by atoms with van der Waals surface area (Å²) < 4.78 is 1.89. The van der Waals surface area contributed by atoms with Crippen LogP contribution in [-0.4, -0.2) is 22.2 Å². The molecule has 1 amide bonds. The largest absolute Gasteiger partial charge is 0.395 e. The number of nitrogens with zero attached hydrogens (tertiary/aromatic N) is 1. The van der Waals surface area contributed by atoms with E-state index < -0.39 is 5.91 Å². The van der Waals surface area contributed by atoms with Gasteiger partial charge in [0, 0.05) is 23.1 Å². The minimum Gasteiger partial charge on any atom is -0.395 e. The average Bonchev–Trinajstić information content (AvgIpc) is 2.52. The van der Waals surface area contributed by atoms with E-state index in [4.69, 9.17) is 10.8 Å². The second-order valence-electron chi connectivity index (χ2n) is 4.11. The highest BCUT2D eigenvalue weighted by molar-refractivity contribution is 6.07. The Hall–Kier alpha value is -1.81. The molecule has 0 unspecified atom stereocenters. The van der Waals surface area contributed by atoms with Crippen LogP contribution in [0.4, 0.5) is 0 Å². The summed E-state index contributed by atoms with van der Waals surface area (Å²) in [6.07, 6.45) is 0. The number of benzene rings is 1. The van der Waals surface area contributed by atoms with Gasteiger partial charge in [-0.3, -0.25) is 4.79 Å². The molecular formula is C13H15N2O2. The van der Waals surface area contributed by atoms with Gasteiger partial charge in [-0.05, 0) is 37.6 Å². The molecule has 4 heteroatoms. The lowest BCUT2D eigenvalue weighted by atomic mass is 10.1. The van der Waals surface area contributed by atoms with E-state index in [-0.39, 0.29) is 6.61 Å². The molecule has 1 radical (unpaired) electrons. The van der Waals surface area contributed by atoms with Crippen LogP contribution in [0.3, 0.4) is 0 Å². The Morgan fingerprint density at radius 3 is 2.82 bits per heavy atom. The molecule has 0 bridgehead atoms. The third-order valence-corrected chi connectivity index (χ3v) is 2.97. The van der Waals surface area contributed by atoms with Crippen LogP contribution >= 0.6 is 0 Å². The summed E-state index contributed by atoms with van der Waals surface area (Å²) in [5, 5.41) is 9.89. The lowest BCUT2D eigenvalue weighted by molar-refractivity contribution is 0.100. The summed E-state index contributed by atoms with van der Waals surface area (Å²) in [5.41, 5.74) is 8.58. The van der Waals surface area contributed by atoms with Gasteiger partial charge in [0.25, 0.3) is 5.91 Å². The number of hydrogen-bond donors (Lipinski definition) is 2. The molecule has 0 fully saturated rings. The Balaban J connectivity index is 2.83. The SMILES string of the molecule is Cc1[c]cc2c(c1)c(C(N)=O)c(C)n2CCO. The molecule has 1 heterocycles. The van der Waals surface area contributed by atoms with Crippen molar-refractivity contribution in [1.82, 2.24) is 4.57 Å². The van der Waals surface area contributed by atoms with E-state index >= 15 is 0 Å². The van der Waals surface area contributed by atoms with Gasteiger partial charge in [-0.15, -0.1) is 0 Å². The minimum atomic E-state index is -0.435. The van der Waals surface area contributed by atoms with E-state index in [2.05, 4.69) is 6.07 Å². The highest BCUT2D eigenvalue weighted by atomic mass is 16.3. The number of aromatic nitrogens is 1. The van der Waals surface area contributed by atoms with Gasteiger partial charge in [0.2, 0.25) is 0 Å². The van der Waals surface area contributed by atoms with Crippen LogP contribution in [0.1, 0.15) is 21.6 Å². The number of nitrogens with two attached hydrogens (primary N) is 1. The maximum atomic E-state index is 11.5. The van der Waals surface area contributed by atoms with Gasteiger partial charge in [-0.1, -0.05) is 0 Å². The molecule has 3 N–H and O–H groups in total. The number of fused-ring (bicyclic) bond motifs is 1. The minimum absolute atomic E-state index is 0.0245. The molecule has 1 aromatic carbocycles. The zero-order valence-electron chi connectivity index (χ0n) is 9.95. The first-order valence-electron chi connectivity index (χ1n) is 5.48. The van der Waals surface area contributed by atoms with Crippen LogP contribution in [0, 0.1) is 19.9 Å². The molecule has 0 aliphatic rings. The molecule has 17 heavy (non-hydrogen) atoms. The van der Waals surface area contributed by atoms with E-state index in [1.165, 1.54) is 0 Å². The number of rotatable bonds is 3. The fourth-order valence-electron chi connectivity index (χ4n) is 2.23. The van der Waals surface area contributed by atoms with Crippen molar-refractivity contribution in [1.29, 1.82) is 0 Å². The molecule has 0 aliphatic heterocycles. The third-order valence-electron chi connectivity index (χ3n) is 2.97. The third kappa shape index (κ3) is 1.80. The van der Waals surface area contributed by atoms with Crippen LogP contribution in [0.15, 0.2) is 12.1 Å². The highest BCUT2D eigenvalue weighted by Crippen LogP contribution is 2.26. The van der Waals surface area contributed by atoms with Crippen molar-refractivity contribution in [3.8, 4) is 0 Å². The van der Waals surface area contributed by atoms with Crippen molar-refractivity contribution < 1.29 is 9.90 Å². The second-order valence-corrected chi connectivity index (χ2v) is 4.11. The fourth-order valence-corrected chi connectivity index (χ4v) is 2.23. The van der Waals surface area contributed by atoms with Gasteiger partial charge in [-0.25, -0.2) is 0 Å². The maximum Gasteiger partial charge on any atom is 0.251 e. The first-order valence-corrected chi connectivity index (χ1v) is 5.48. The number of aliphatic hydroxyl groups is 1. The van der Waals surface area contributed by atoms with E-state index in [1.807, 2.05) is 30.5 Å². The van der Waals surface area contributed by atoms with Crippen LogP contribution in [0.5, 0.6) is 0 Å². The highest BCUT2D eigenvalue weighted by Gasteiger charge is 2.17. The predicted octanol–water partition coefficient (Wildman–Crippen LogP) is 1.15. The summed E-state index contributed by atoms with van der Waals surface area (Å²) in [6, 6.07) is 6.83. The standard InChI is InChI=1S/C13H15N2O2/c1-8-3-4-11-10(7-8)12(13(14)17)9(2)15(11)5-6-16/h4,7,16H,5-6H2,1-2H3,(H2,14,17). The average molecular weight is 231 g/mol. The Bertz CT molecular complexity index is 585. The number of aryl methyl sites for hydroxylation is 1. The Labute approximate surface area is 99.7 Å². The van der Waals surface area contributed by atoms with Gasteiger partial charge in [-0.2, -0.15) is 0 Å². The van der Waals surface area contributed by atoms with Crippen molar-refractivity contribution >= 4 is 16.8 Å². The fraction of sp³-hybridized carbons (Fsp3) is 0.308. The normalized spacial score (nSPS) is 11.0. The van der Waals surface area contributed by atoms with Gasteiger partial charge in [0.1, 0.15) is 0 Å². The van der Waals surface area contributed by atoms with Crippen LogP contribution in [0.25, 0.3) is 10.9 Å². The number of primary amides is 1. The van der Waals surface area contributed by atoms with Crippen molar-refractivity contribution in [2.75, 3.05) is 6.61 Å². The van der Waals surface area contributed by atoms with Crippen molar-refractivity contribution in [3.63, 3.8) is 0 Å². The first-order chi connectivity index (χ1) is 8.06. The molecule has 0 saturated carbocycles. The smallest absolute Gasteiger partial charge is 0.251 e. The number of carbonyl (C=O) groups is 1. The van der Waals surface area contributed by atoms with E-state index in [9.17, 15) is 4.79 Å². The second kappa shape index (κ2) is 4.22. The molecule has 0 spiro atoms. The van der Waals surface area contributed by atoms with Crippen LogP contribution in [-0.2, 0) is 6.54 Å². The Kier molecular flexibility index (Phi) is 2.90. The molecule has 89 valence electrons. The van der Waals surface area contributed by atoms with Crippen LogP contribution in [0.2, 0.25) is 0 Å². The number of amides is 1. The van der Waals surface area contributed by atoms with E-state index in [0.717, 1.165) is 22.2 Å². The van der Waals surface area contributed by atoms with Gasteiger partial charge in [0.05, 0.1) is 12.2 Å². The number of aliphatic hydroxyl groups excluding tert-OH is 1. The Morgan fingerprint density at radius 2 is 2.24 bits per heavy atom. The van der Waals surface area contributed by atoms with Crippen LogP contribution < -0.4 is 5.73 Å². The molecule has 2 aromatic rings. The van der Waals surface area contributed by atoms with Gasteiger partial charge >= 0.3 is 0 Å². The molecule has 0 aliphatic carbocycles. The van der Waals surface area contributed by atoms with E-state index in [1.54, 1.807) is 0 Å². The predicted molar refractivity (Wildman–Crippen MR) is 65.9 cm³/mol. The quantitative estimate of drug-likeness (QED) is 0.832. The van der Waals surface area contributed by atoms with Crippen molar-refractivity contribution in [3.05, 3.63) is 35.0 Å². The topological polar surface area (TPSA) is 68.2 Å². The van der Waals surface area contributed by atoms with Gasteiger partial charge in [0.15, 0.2) is 0 Å². The number of hydrogen-bond acceptors (Lipinski definition) is 2. The molecule has 1 aromatic heterocycles. The maximum absolute atomic E-state index is 11.5. The summed E-state index contributed by atoms with van der Waals surface area (Å²) in [7, 11) is 0. The first kappa shape index (κ1) is 11.7. The lowest BCUT2D eigenvalue weighted by Crippen LogP contribution is -2.13. The van der Waals surface area contributed by atoms with Crippen molar-refractivity contribution in [2.24, 2.45) is 5.73 Å². The number of carbonyl (C=O) groups excluding carboxylic acids is 1.